The largest absolute Gasteiger partial charge is 0.375 e. The molecule has 0 atom stereocenters. The number of nitrogens with one attached hydrogen (secondary N) is 2. The number of aromatic nitrogens is 1. The van der Waals surface area contributed by atoms with Gasteiger partial charge in [-0.15, -0.1) is 11.3 Å². The van der Waals surface area contributed by atoms with Gasteiger partial charge in [-0.2, -0.15) is 0 Å². The second-order valence-corrected chi connectivity index (χ2v) is 5.70. The van der Waals surface area contributed by atoms with Crippen LogP contribution in [0.3, 0.4) is 0 Å². The van der Waals surface area contributed by atoms with Crippen molar-refractivity contribution in [2.75, 3.05) is 25.1 Å². The third-order valence-electron chi connectivity index (χ3n) is 2.70. The van der Waals surface area contributed by atoms with E-state index in [2.05, 4.69) is 22.2 Å². The lowest BCUT2D eigenvalue weighted by molar-refractivity contribution is 0.159. The molecule has 0 aliphatic heterocycles. The van der Waals surface area contributed by atoms with Crippen LogP contribution in [0, 0.1) is 0 Å². The van der Waals surface area contributed by atoms with Crippen molar-refractivity contribution in [1.82, 2.24) is 10.3 Å². The number of rotatable bonds is 7. The number of hydrogen-bond donors (Lipinski definition) is 2. The maximum absolute atomic E-state index is 11.7. The van der Waals surface area contributed by atoms with Gasteiger partial charge in [0.1, 0.15) is 5.01 Å². The predicted molar refractivity (Wildman–Crippen MR) is 90.2 cm³/mol. The van der Waals surface area contributed by atoms with Crippen LogP contribution in [0.1, 0.15) is 6.92 Å². The van der Waals surface area contributed by atoms with Crippen molar-refractivity contribution >= 4 is 23.1 Å². The average Bonchev–Trinajstić information content (AvgIpc) is 3.01. The van der Waals surface area contributed by atoms with Gasteiger partial charge in [0.05, 0.1) is 13.2 Å². The van der Waals surface area contributed by atoms with Crippen molar-refractivity contribution in [1.29, 1.82) is 0 Å². The SMILES string of the molecule is C=C(C)COCCNC(=O)Nc1ccc(-c2nccs2)cc1. The van der Waals surface area contributed by atoms with Gasteiger partial charge in [0.25, 0.3) is 0 Å². The van der Waals surface area contributed by atoms with Gasteiger partial charge >= 0.3 is 6.03 Å². The van der Waals surface area contributed by atoms with Gasteiger partial charge in [-0.1, -0.05) is 12.2 Å². The lowest BCUT2D eigenvalue weighted by Crippen LogP contribution is -2.31. The lowest BCUT2D eigenvalue weighted by Gasteiger charge is -2.08. The summed E-state index contributed by atoms with van der Waals surface area (Å²) in [6.07, 6.45) is 1.77. The highest BCUT2D eigenvalue weighted by Crippen LogP contribution is 2.23. The van der Waals surface area contributed by atoms with Gasteiger partial charge in [-0.25, -0.2) is 9.78 Å². The first-order valence-electron chi connectivity index (χ1n) is 6.92. The quantitative estimate of drug-likeness (QED) is 0.606. The highest BCUT2D eigenvalue weighted by Gasteiger charge is 2.03. The minimum absolute atomic E-state index is 0.249. The molecule has 0 saturated carbocycles. The van der Waals surface area contributed by atoms with Crippen LogP contribution >= 0.6 is 11.3 Å². The fourth-order valence-corrected chi connectivity index (χ4v) is 2.37. The number of carbonyl (C=O) groups is 1. The van der Waals surface area contributed by atoms with E-state index in [9.17, 15) is 4.79 Å². The fraction of sp³-hybridized carbons (Fsp3) is 0.250. The molecule has 0 spiro atoms. The number of carbonyl (C=O) groups excluding carboxylic acids is 1. The van der Waals surface area contributed by atoms with E-state index >= 15 is 0 Å². The van der Waals surface area contributed by atoms with E-state index in [1.807, 2.05) is 36.6 Å². The van der Waals surface area contributed by atoms with E-state index in [0.717, 1.165) is 21.8 Å². The first-order chi connectivity index (χ1) is 10.6. The van der Waals surface area contributed by atoms with Gasteiger partial charge in [0.2, 0.25) is 0 Å². The summed E-state index contributed by atoms with van der Waals surface area (Å²) in [5.74, 6) is 0. The van der Waals surface area contributed by atoms with Crippen molar-refractivity contribution in [2.45, 2.75) is 6.92 Å². The highest BCUT2D eigenvalue weighted by atomic mass is 32.1. The fourth-order valence-electron chi connectivity index (χ4n) is 1.72. The first-order valence-corrected chi connectivity index (χ1v) is 7.80. The number of urea groups is 1. The summed E-state index contributed by atoms with van der Waals surface area (Å²) in [7, 11) is 0. The topological polar surface area (TPSA) is 63.2 Å². The van der Waals surface area contributed by atoms with E-state index < -0.39 is 0 Å². The predicted octanol–water partition coefficient (Wildman–Crippen LogP) is 3.52. The van der Waals surface area contributed by atoms with Gasteiger partial charge < -0.3 is 15.4 Å². The second-order valence-electron chi connectivity index (χ2n) is 4.81. The summed E-state index contributed by atoms with van der Waals surface area (Å²) in [5, 5.41) is 8.40. The number of nitrogens with zero attached hydrogens (tertiary/aromatic N) is 1. The van der Waals surface area contributed by atoms with E-state index in [1.54, 1.807) is 17.5 Å². The summed E-state index contributed by atoms with van der Waals surface area (Å²) in [4.78, 5) is 16.0. The Morgan fingerprint density at radius 3 is 2.77 bits per heavy atom. The summed E-state index contributed by atoms with van der Waals surface area (Å²) in [5.41, 5.74) is 2.74. The molecule has 0 unspecified atom stereocenters. The van der Waals surface area contributed by atoms with E-state index in [0.29, 0.717) is 19.8 Å². The van der Waals surface area contributed by atoms with Crippen LogP contribution in [0.4, 0.5) is 10.5 Å². The molecule has 0 saturated heterocycles. The smallest absolute Gasteiger partial charge is 0.319 e. The number of hydrogen-bond acceptors (Lipinski definition) is 4. The Morgan fingerprint density at radius 2 is 2.14 bits per heavy atom. The van der Waals surface area contributed by atoms with Crippen LogP contribution in [0.2, 0.25) is 0 Å². The zero-order valence-electron chi connectivity index (χ0n) is 12.5. The molecule has 0 radical (unpaired) electrons. The maximum Gasteiger partial charge on any atom is 0.319 e. The third kappa shape index (κ3) is 5.31. The van der Waals surface area contributed by atoms with Crippen molar-refractivity contribution in [3.63, 3.8) is 0 Å². The summed E-state index contributed by atoms with van der Waals surface area (Å²) in [6, 6.07) is 7.33. The van der Waals surface area contributed by atoms with Crippen molar-refractivity contribution in [3.8, 4) is 10.6 Å². The van der Waals surface area contributed by atoms with Crippen LogP contribution in [-0.4, -0.2) is 30.8 Å². The van der Waals surface area contributed by atoms with Gasteiger partial charge in [-0.3, -0.25) is 0 Å². The zero-order valence-corrected chi connectivity index (χ0v) is 13.3. The maximum atomic E-state index is 11.7. The zero-order chi connectivity index (χ0) is 15.8. The summed E-state index contributed by atoms with van der Waals surface area (Å²) >= 11 is 1.58. The molecule has 2 N–H and O–H groups in total. The van der Waals surface area contributed by atoms with E-state index in [4.69, 9.17) is 4.74 Å². The Bertz CT molecular complexity index is 609. The molecule has 1 aromatic carbocycles. The molecular formula is C16H19N3O2S. The average molecular weight is 317 g/mol. The standard InChI is InChI=1S/C16H19N3O2S/c1-12(2)11-21-9-7-18-16(20)19-14-5-3-13(4-6-14)15-17-8-10-22-15/h3-6,8,10H,1,7,9,11H2,2H3,(H2,18,19,20). The number of anilines is 1. The van der Waals surface area contributed by atoms with Crippen molar-refractivity contribution < 1.29 is 9.53 Å². The van der Waals surface area contributed by atoms with Crippen LogP contribution in [0.25, 0.3) is 10.6 Å². The molecule has 0 fully saturated rings. The lowest BCUT2D eigenvalue weighted by atomic mass is 10.2. The van der Waals surface area contributed by atoms with Crippen LogP contribution in [0.15, 0.2) is 48.0 Å². The van der Waals surface area contributed by atoms with Crippen molar-refractivity contribution in [2.24, 2.45) is 0 Å². The minimum Gasteiger partial charge on any atom is -0.375 e. The molecule has 0 aliphatic carbocycles. The molecule has 0 aliphatic rings. The van der Waals surface area contributed by atoms with Gasteiger partial charge in [0.15, 0.2) is 0 Å². The first kappa shape index (κ1) is 16.2. The van der Waals surface area contributed by atoms with Crippen LogP contribution in [0.5, 0.6) is 0 Å². The van der Waals surface area contributed by atoms with Crippen molar-refractivity contribution in [3.05, 3.63) is 48.0 Å². The number of ether oxygens (including phenoxy) is 1. The van der Waals surface area contributed by atoms with Crippen LogP contribution < -0.4 is 10.6 Å². The summed E-state index contributed by atoms with van der Waals surface area (Å²) < 4.78 is 5.30. The molecule has 5 nitrogen and oxygen atoms in total. The van der Waals surface area contributed by atoms with Gasteiger partial charge in [0, 0.05) is 29.4 Å². The number of thiazole rings is 1. The molecule has 22 heavy (non-hydrogen) atoms. The Labute approximate surface area is 134 Å². The Kier molecular flexibility index (Phi) is 6.12. The molecule has 116 valence electrons. The van der Waals surface area contributed by atoms with E-state index in [-0.39, 0.29) is 6.03 Å². The van der Waals surface area contributed by atoms with Gasteiger partial charge in [-0.05, 0) is 31.2 Å². The number of amides is 2. The normalized spacial score (nSPS) is 10.2. The second kappa shape index (κ2) is 8.31. The molecule has 1 aromatic heterocycles. The number of benzene rings is 1. The molecule has 1 heterocycles. The Morgan fingerprint density at radius 1 is 1.36 bits per heavy atom. The van der Waals surface area contributed by atoms with Crippen LogP contribution in [-0.2, 0) is 4.74 Å². The monoisotopic (exact) mass is 317 g/mol. The minimum atomic E-state index is -0.249. The molecule has 2 rings (SSSR count). The Hall–Kier alpha value is -2.18. The molecule has 6 heteroatoms. The molecule has 2 aromatic rings. The Balaban J connectivity index is 1.74. The molecule has 2 amide bonds. The highest BCUT2D eigenvalue weighted by molar-refractivity contribution is 7.13. The van der Waals surface area contributed by atoms with E-state index in [1.165, 1.54) is 0 Å². The third-order valence-corrected chi connectivity index (χ3v) is 3.52. The summed E-state index contributed by atoms with van der Waals surface area (Å²) in [6.45, 7) is 7.07. The molecule has 0 bridgehead atoms. The molecular weight excluding hydrogens is 298 g/mol.